The first-order valence-corrected chi connectivity index (χ1v) is 8.98. The second-order valence-corrected chi connectivity index (χ2v) is 6.76. The summed E-state index contributed by atoms with van der Waals surface area (Å²) in [7, 11) is 0. The van der Waals surface area contributed by atoms with Crippen molar-refractivity contribution in [1.29, 1.82) is 0 Å². The van der Waals surface area contributed by atoms with Gasteiger partial charge in [0.25, 0.3) is 0 Å². The molecule has 1 N–H and O–H groups in total. The van der Waals surface area contributed by atoms with Crippen LogP contribution in [-0.4, -0.2) is 38.6 Å². The molecule has 0 amide bonds. The second kappa shape index (κ2) is 5.93. The molecular weight excluding hydrogens is 336 g/mol. The smallest absolute Gasteiger partial charge is 0.211 e. The molecule has 0 unspecified atom stereocenters. The summed E-state index contributed by atoms with van der Waals surface area (Å²) in [5, 5.41) is 10.2. The van der Waals surface area contributed by atoms with E-state index >= 15 is 0 Å². The van der Waals surface area contributed by atoms with Gasteiger partial charge in [0, 0.05) is 16.7 Å². The number of nitrogens with one attached hydrogen (secondary N) is 1. The normalized spacial score (nSPS) is 16.4. The van der Waals surface area contributed by atoms with Crippen LogP contribution in [0.15, 0.2) is 53.7 Å². The third kappa shape index (κ3) is 2.66. The monoisotopic (exact) mass is 350 g/mol. The van der Waals surface area contributed by atoms with Crippen molar-refractivity contribution in [1.82, 2.24) is 20.2 Å². The summed E-state index contributed by atoms with van der Waals surface area (Å²) in [6, 6.07) is 15.7. The first-order chi connectivity index (χ1) is 12.4. The van der Waals surface area contributed by atoms with Crippen molar-refractivity contribution in [3.05, 3.63) is 48.5 Å². The predicted octanol–water partition coefficient (Wildman–Crippen LogP) is 3.44. The lowest BCUT2D eigenvalue weighted by atomic mass is 10.2. The van der Waals surface area contributed by atoms with Crippen LogP contribution in [0.1, 0.15) is 0 Å². The molecule has 5 rings (SSSR count). The predicted molar refractivity (Wildman–Crippen MR) is 96.3 cm³/mol. The number of thioether (sulfide) groups is 1. The van der Waals surface area contributed by atoms with E-state index in [9.17, 15) is 0 Å². The molecule has 1 aliphatic rings. The molecule has 7 heteroatoms. The van der Waals surface area contributed by atoms with Crippen molar-refractivity contribution < 1.29 is 9.47 Å². The van der Waals surface area contributed by atoms with Crippen LogP contribution < -0.4 is 9.47 Å². The summed E-state index contributed by atoms with van der Waals surface area (Å²) in [6.45, 7) is 0.520. The fourth-order valence-electron chi connectivity index (χ4n) is 2.88. The van der Waals surface area contributed by atoms with Gasteiger partial charge in [-0.15, -0.1) is 10.2 Å². The summed E-state index contributed by atoms with van der Waals surface area (Å²) in [6.07, 6.45) is -0.0399. The minimum Gasteiger partial charge on any atom is -0.486 e. The third-order valence-corrected chi connectivity index (χ3v) is 5.04. The Kier molecular flexibility index (Phi) is 3.45. The zero-order valence-corrected chi connectivity index (χ0v) is 14.0. The van der Waals surface area contributed by atoms with E-state index in [2.05, 4.69) is 20.2 Å². The maximum Gasteiger partial charge on any atom is 0.211 e. The van der Waals surface area contributed by atoms with Crippen molar-refractivity contribution >= 4 is 33.8 Å². The lowest BCUT2D eigenvalue weighted by molar-refractivity contribution is 0.107. The van der Waals surface area contributed by atoms with Crippen LogP contribution in [0.3, 0.4) is 0 Å². The lowest BCUT2D eigenvalue weighted by Crippen LogP contribution is -2.31. The van der Waals surface area contributed by atoms with Crippen molar-refractivity contribution in [3.63, 3.8) is 0 Å². The Balaban J connectivity index is 1.34. The standard InChI is InChI=1S/C18H14N4O2S/c1-2-6-13-12(5-1)16-17(19-13)20-18(22-21-16)25-10-11-9-23-14-7-3-4-8-15(14)24-11/h1-8,11H,9-10H2,(H,19,20,22)/t11-/m0/s1. The molecule has 2 aromatic carbocycles. The molecule has 2 aromatic heterocycles. The number of hydrogen-bond donors (Lipinski definition) is 1. The average molecular weight is 350 g/mol. The van der Waals surface area contributed by atoms with Gasteiger partial charge in [-0.1, -0.05) is 42.1 Å². The minimum absolute atomic E-state index is 0.0399. The van der Waals surface area contributed by atoms with Gasteiger partial charge in [0.2, 0.25) is 5.16 Å². The van der Waals surface area contributed by atoms with Gasteiger partial charge in [-0.2, -0.15) is 0 Å². The highest BCUT2D eigenvalue weighted by Gasteiger charge is 2.21. The van der Waals surface area contributed by atoms with E-state index in [0.717, 1.165) is 33.6 Å². The van der Waals surface area contributed by atoms with Crippen LogP contribution >= 0.6 is 11.8 Å². The van der Waals surface area contributed by atoms with Crippen molar-refractivity contribution in [2.45, 2.75) is 11.3 Å². The zero-order chi connectivity index (χ0) is 16.6. The molecular formula is C18H14N4O2S. The van der Waals surface area contributed by atoms with Crippen molar-refractivity contribution in [3.8, 4) is 11.5 Å². The lowest BCUT2D eigenvalue weighted by Gasteiger charge is -2.25. The quantitative estimate of drug-likeness (QED) is 0.571. The highest BCUT2D eigenvalue weighted by atomic mass is 32.2. The SMILES string of the molecule is c1ccc2c(c1)OC[C@@H](CSc1nnc3c(n1)[nH]c1ccccc13)O2. The number of rotatable bonds is 3. The maximum atomic E-state index is 5.96. The van der Waals surface area contributed by atoms with Gasteiger partial charge in [0.1, 0.15) is 18.2 Å². The molecule has 0 saturated carbocycles. The number of aromatic amines is 1. The van der Waals surface area contributed by atoms with Crippen molar-refractivity contribution in [2.24, 2.45) is 0 Å². The Morgan fingerprint density at radius 1 is 1.04 bits per heavy atom. The molecule has 4 aromatic rings. The molecule has 0 aliphatic carbocycles. The van der Waals surface area contributed by atoms with Gasteiger partial charge in [-0.3, -0.25) is 0 Å². The molecule has 0 radical (unpaired) electrons. The Morgan fingerprint density at radius 3 is 2.84 bits per heavy atom. The Labute approximate surface area is 147 Å². The van der Waals surface area contributed by atoms with Gasteiger partial charge < -0.3 is 14.5 Å². The van der Waals surface area contributed by atoms with E-state index in [1.165, 1.54) is 11.8 Å². The highest BCUT2D eigenvalue weighted by Crippen LogP contribution is 2.32. The number of para-hydroxylation sites is 3. The molecule has 0 fully saturated rings. The van der Waals surface area contributed by atoms with Crippen LogP contribution in [0.2, 0.25) is 0 Å². The molecule has 0 spiro atoms. The first-order valence-electron chi connectivity index (χ1n) is 7.99. The van der Waals surface area contributed by atoms with E-state index in [0.29, 0.717) is 17.5 Å². The molecule has 6 nitrogen and oxygen atoms in total. The third-order valence-electron chi connectivity index (χ3n) is 4.07. The molecule has 0 bridgehead atoms. The first kappa shape index (κ1) is 14.5. The van der Waals surface area contributed by atoms with E-state index in [-0.39, 0.29) is 6.10 Å². The maximum absolute atomic E-state index is 5.96. The summed E-state index contributed by atoms with van der Waals surface area (Å²) in [5.74, 6) is 2.27. The van der Waals surface area contributed by atoms with Crippen molar-refractivity contribution in [2.75, 3.05) is 12.4 Å². The van der Waals surface area contributed by atoms with E-state index in [4.69, 9.17) is 9.47 Å². The fourth-order valence-corrected chi connectivity index (χ4v) is 3.63. The van der Waals surface area contributed by atoms with Crippen LogP contribution in [-0.2, 0) is 0 Å². The molecule has 1 aliphatic heterocycles. The van der Waals surface area contributed by atoms with E-state index in [1.54, 1.807) is 0 Å². The number of nitrogens with zero attached hydrogens (tertiary/aromatic N) is 3. The molecule has 25 heavy (non-hydrogen) atoms. The number of aromatic nitrogens is 4. The number of fused-ring (bicyclic) bond motifs is 4. The summed E-state index contributed by atoms with van der Waals surface area (Å²) < 4.78 is 11.7. The van der Waals surface area contributed by atoms with Crippen LogP contribution in [0, 0.1) is 0 Å². The van der Waals surface area contributed by atoms with Crippen LogP contribution in [0.5, 0.6) is 11.5 Å². The van der Waals surface area contributed by atoms with E-state index in [1.807, 2.05) is 48.5 Å². The number of ether oxygens (including phenoxy) is 2. The summed E-state index contributed by atoms with van der Waals surface area (Å²) >= 11 is 1.52. The molecule has 124 valence electrons. The Hall–Kier alpha value is -2.80. The number of H-pyrrole nitrogens is 1. The number of hydrogen-bond acceptors (Lipinski definition) is 6. The van der Waals surface area contributed by atoms with Gasteiger partial charge >= 0.3 is 0 Å². The number of benzene rings is 2. The topological polar surface area (TPSA) is 72.9 Å². The Bertz CT molecular complexity index is 1070. The van der Waals surface area contributed by atoms with Gasteiger partial charge in [0.15, 0.2) is 17.1 Å². The van der Waals surface area contributed by atoms with Crippen LogP contribution in [0.4, 0.5) is 0 Å². The molecule has 0 saturated heterocycles. The van der Waals surface area contributed by atoms with Crippen LogP contribution in [0.25, 0.3) is 22.1 Å². The van der Waals surface area contributed by atoms with Gasteiger partial charge in [-0.05, 0) is 18.2 Å². The minimum atomic E-state index is -0.0399. The molecule has 1 atom stereocenters. The summed E-state index contributed by atoms with van der Waals surface area (Å²) in [5.41, 5.74) is 2.57. The summed E-state index contributed by atoms with van der Waals surface area (Å²) in [4.78, 5) is 7.87. The zero-order valence-electron chi connectivity index (χ0n) is 13.2. The van der Waals surface area contributed by atoms with E-state index < -0.39 is 0 Å². The largest absolute Gasteiger partial charge is 0.486 e. The highest BCUT2D eigenvalue weighted by molar-refractivity contribution is 7.99. The fraction of sp³-hybridized carbons (Fsp3) is 0.167. The Morgan fingerprint density at radius 2 is 1.88 bits per heavy atom. The van der Waals surface area contributed by atoms with Gasteiger partial charge in [0.05, 0.1) is 0 Å². The second-order valence-electron chi connectivity index (χ2n) is 5.77. The molecule has 3 heterocycles. The van der Waals surface area contributed by atoms with Gasteiger partial charge in [-0.25, -0.2) is 4.98 Å². The average Bonchev–Trinajstić information content (AvgIpc) is 3.04.